The minimum absolute atomic E-state index is 0.441. The number of pyridine rings is 1. The lowest BCUT2D eigenvalue weighted by molar-refractivity contribution is 0.233. The van der Waals surface area contributed by atoms with Crippen LogP contribution in [0.4, 0.5) is 5.82 Å². The molecule has 1 aliphatic carbocycles. The molecule has 1 aromatic carbocycles. The van der Waals surface area contributed by atoms with E-state index in [1.54, 1.807) is 0 Å². The highest BCUT2D eigenvalue weighted by Gasteiger charge is 2.26. The lowest BCUT2D eigenvalue weighted by Crippen LogP contribution is -2.29. The average molecular weight is 254 g/mol. The SMILES string of the molecule is CC1(CNc2nccc3ccccc23)CCCCC1. The molecular weight excluding hydrogens is 232 g/mol. The molecule has 0 atom stereocenters. The number of anilines is 1. The molecule has 0 amide bonds. The highest BCUT2D eigenvalue weighted by atomic mass is 15.0. The highest BCUT2D eigenvalue weighted by Crippen LogP contribution is 2.36. The molecule has 0 bridgehead atoms. The maximum Gasteiger partial charge on any atom is 0.133 e. The van der Waals surface area contributed by atoms with E-state index in [2.05, 4.69) is 47.6 Å². The van der Waals surface area contributed by atoms with Crippen molar-refractivity contribution in [3.8, 4) is 0 Å². The Bertz CT molecular complexity index is 551. The standard InChI is InChI=1S/C17H22N2/c1-17(10-5-2-6-11-17)13-19-16-15-8-4-3-7-14(15)9-12-18-16/h3-4,7-9,12H,2,5-6,10-11,13H2,1H3,(H,18,19). The molecule has 1 fully saturated rings. The molecule has 0 radical (unpaired) electrons. The van der Waals surface area contributed by atoms with E-state index in [0.717, 1.165) is 12.4 Å². The Morgan fingerprint density at radius 2 is 1.89 bits per heavy atom. The second kappa shape index (κ2) is 5.20. The van der Waals surface area contributed by atoms with E-state index in [-0.39, 0.29) is 0 Å². The number of hydrogen-bond donors (Lipinski definition) is 1. The van der Waals surface area contributed by atoms with Gasteiger partial charge < -0.3 is 5.32 Å². The molecular formula is C17H22N2. The van der Waals surface area contributed by atoms with Crippen molar-refractivity contribution in [2.45, 2.75) is 39.0 Å². The highest BCUT2D eigenvalue weighted by molar-refractivity contribution is 5.91. The molecule has 2 aromatic rings. The van der Waals surface area contributed by atoms with Gasteiger partial charge in [0, 0.05) is 18.1 Å². The molecule has 1 aromatic heterocycles. The molecule has 0 aliphatic heterocycles. The van der Waals surface area contributed by atoms with Crippen LogP contribution in [-0.4, -0.2) is 11.5 Å². The minimum Gasteiger partial charge on any atom is -0.369 e. The third-order valence-corrected chi connectivity index (χ3v) is 4.42. The zero-order valence-electron chi connectivity index (χ0n) is 11.7. The summed E-state index contributed by atoms with van der Waals surface area (Å²) in [5, 5.41) is 6.07. The molecule has 100 valence electrons. The molecule has 1 saturated carbocycles. The van der Waals surface area contributed by atoms with E-state index in [9.17, 15) is 0 Å². The fourth-order valence-electron chi connectivity index (χ4n) is 3.14. The minimum atomic E-state index is 0.441. The fourth-order valence-corrected chi connectivity index (χ4v) is 3.14. The first-order chi connectivity index (χ1) is 9.27. The van der Waals surface area contributed by atoms with Crippen LogP contribution in [0.3, 0.4) is 0 Å². The summed E-state index contributed by atoms with van der Waals surface area (Å²) in [6.07, 6.45) is 8.73. The van der Waals surface area contributed by atoms with Gasteiger partial charge in [-0.2, -0.15) is 0 Å². The number of benzene rings is 1. The van der Waals surface area contributed by atoms with Gasteiger partial charge in [-0.25, -0.2) is 4.98 Å². The average Bonchev–Trinajstić information content (AvgIpc) is 2.46. The van der Waals surface area contributed by atoms with E-state index >= 15 is 0 Å². The van der Waals surface area contributed by atoms with Gasteiger partial charge in [0.2, 0.25) is 0 Å². The molecule has 19 heavy (non-hydrogen) atoms. The van der Waals surface area contributed by atoms with Crippen molar-refractivity contribution in [1.29, 1.82) is 0 Å². The summed E-state index contributed by atoms with van der Waals surface area (Å²) in [5.74, 6) is 1.03. The van der Waals surface area contributed by atoms with Gasteiger partial charge >= 0.3 is 0 Å². The largest absolute Gasteiger partial charge is 0.369 e. The summed E-state index contributed by atoms with van der Waals surface area (Å²) < 4.78 is 0. The van der Waals surface area contributed by atoms with Crippen LogP contribution in [0.25, 0.3) is 10.8 Å². The van der Waals surface area contributed by atoms with Crippen LogP contribution in [0.2, 0.25) is 0 Å². The van der Waals surface area contributed by atoms with E-state index in [4.69, 9.17) is 0 Å². The molecule has 2 heteroatoms. The Kier molecular flexibility index (Phi) is 3.41. The van der Waals surface area contributed by atoms with Crippen molar-refractivity contribution < 1.29 is 0 Å². The summed E-state index contributed by atoms with van der Waals surface area (Å²) >= 11 is 0. The van der Waals surface area contributed by atoms with Crippen LogP contribution in [0.1, 0.15) is 39.0 Å². The van der Waals surface area contributed by atoms with E-state index < -0.39 is 0 Å². The number of nitrogens with one attached hydrogen (secondary N) is 1. The second-order valence-corrected chi connectivity index (χ2v) is 6.11. The molecule has 3 rings (SSSR count). The number of fused-ring (bicyclic) bond motifs is 1. The van der Waals surface area contributed by atoms with Crippen molar-refractivity contribution in [2.75, 3.05) is 11.9 Å². The zero-order chi connectivity index (χ0) is 13.1. The van der Waals surface area contributed by atoms with Crippen molar-refractivity contribution in [1.82, 2.24) is 4.98 Å². The number of nitrogens with zero attached hydrogens (tertiary/aromatic N) is 1. The van der Waals surface area contributed by atoms with E-state index in [1.165, 1.54) is 42.9 Å². The summed E-state index contributed by atoms with van der Waals surface area (Å²) in [5.41, 5.74) is 0.441. The summed E-state index contributed by atoms with van der Waals surface area (Å²) in [6, 6.07) is 10.5. The first kappa shape index (κ1) is 12.5. The summed E-state index contributed by atoms with van der Waals surface area (Å²) in [6.45, 7) is 3.44. The van der Waals surface area contributed by atoms with Crippen LogP contribution < -0.4 is 5.32 Å². The van der Waals surface area contributed by atoms with Crippen LogP contribution in [0.15, 0.2) is 36.5 Å². The van der Waals surface area contributed by atoms with Gasteiger partial charge in [0.25, 0.3) is 0 Å². The first-order valence-corrected chi connectivity index (χ1v) is 7.35. The van der Waals surface area contributed by atoms with E-state index in [1.807, 2.05) is 6.20 Å². The summed E-state index contributed by atoms with van der Waals surface area (Å²) in [7, 11) is 0. The molecule has 1 N–H and O–H groups in total. The quantitative estimate of drug-likeness (QED) is 0.864. The molecule has 0 unspecified atom stereocenters. The second-order valence-electron chi connectivity index (χ2n) is 6.11. The van der Waals surface area contributed by atoms with E-state index in [0.29, 0.717) is 5.41 Å². The molecule has 1 aliphatic rings. The Morgan fingerprint density at radius 1 is 1.11 bits per heavy atom. The monoisotopic (exact) mass is 254 g/mol. The van der Waals surface area contributed by atoms with Gasteiger partial charge in [-0.3, -0.25) is 0 Å². The predicted molar refractivity (Wildman–Crippen MR) is 81.4 cm³/mol. The Labute approximate surface area is 115 Å². The Balaban J connectivity index is 1.78. The van der Waals surface area contributed by atoms with Crippen molar-refractivity contribution >= 4 is 16.6 Å². The maximum absolute atomic E-state index is 4.51. The van der Waals surface area contributed by atoms with Crippen LogP contribution in [-0.2, 0) is 0 Å². The number of rotatable bonds is 3. The topological polar surface area (TPSA) is 24.9 Å². The fraction of sp³-hybridized carbons (Fsp3) is 0.471. The molecule has 0 spiro atoms. The van der Waals surface area contributed by atoms with Crippen LogP contribution in [0, 0.1) is 5.41 Å². The summed E-state index contributed by atoms with van der Waals surface area (Å²) in [4.78, 5) is 4.51. The zero-order valence-corrected chi connectivity index (χ0v) is 11.7. The predicted octanol–water partition coefficient (Wildman–Crippen LogP) is 4.62. The number of aromatic nitrogens is 1. The van der Waals surface area contributed by atoms with Crippen LogP contribution >= 0.6 is 0 Å². The molecule has 0 saturated heterocycles. The van der Waals surface area contributed by atoms with Crippen LogP contribution in [0.5, 0.6) is 0 Å². The molecule has 2 nitrogen and oxygen atoms in total. The lowest BCUT2D eigenvalue weighted by atomic mass is 9.76. The van der Waals surface area contributed by atoms with Crippen molar-refractivity contribution in [3.63, 3.8) is 0 Å². The van der Waals surface area contributed by atoms with Gasteiger partial charge in [0.15, 0.2) is 0 Å². The normalized spacial score (nSPS) is 18.4. The third-order valence-electron chi connectivity index (χ3n) is 4.42. The van der Waals surface area contributed by atoms with Gasteiger partial charge in [-0.15, -0.1) is 0 Å². The first-order valence-electron chi connectivity index (χ1n) is 7.35. The Hall–Kier alpha value is -1.57. The third kappa shape index (κ3) is 2.73. The van der Waals surface area contributed by atoms with Gasteiger partial charge in [0.05, 0.1) is 0 Å². The molecule has 1 heterocycles. The van der Waals surface area contributed by atoms with Crippen molar-refractivity contribution in [3.05, 3.63) is 36.5 Å². The number of hydrogen-bond acceptors (Lipinski definition) is 2. The Morgan fingerprint density at radius 3 is 2.74 bits per heavy atom. The van der Waals surface area contributed by atoms with Crippen molar-refractivity contribution in [2.24, 2.45) is 5.41 Å². The smallest absolute Gasteiger partial charge is 0.133 e. The lowest BCUT2D eigenvalue weighted by Gasteiger charge is -2.34. The van der Waals surface area contributed by atoms with Gasteiger partial charge in [0.1, 0.15) is 5.82 Å². The van der Waals surface area contributed by atoms with Gasteiger partial charge in [-0.1, -0.05) is 50.5 Å². The van der Waals surface area contributed by atoms with Gasteiger partial charge in [-0.05, 0) is 29.7 Å². The maximum atomic E-state index is 4.51.